The van der Waals surface area contributed by atoms with Crippen LogP contribution in [0.3, 0.4) is 0 Å². The van der Waals surface area contributed by atoms with Crippen LogP contribution in [0.15, 0.2) is 30.5 Å². The van der Waals surface area contributed by atoms with E-state index in [-0.39, 0.29) is 11.5 Å². The van der Waals surface area contributed by atoms with Crippen LogP contribution in [0.1, 0.15) is 10.5 Å². The van der Waals surface area contributed by atoms with Gasteiger partial charge in [-0.1, -0.05) is 0 Å². The van der Waals surface area contributed by atoms with Crippen molar-refractivity contribution in [3.05, 3.63) is 42.0 Å². The molecule has 2 heterocycles. The molecule has 3 aromatic rings. The van der Waals surface area contributed by atoms with E-state index in [1.54, 1.807) is 19.3 Å². The molecule has 0 aliphatic rings. The Hall–Kier alpha value is -2.63. The van der Waals surface area contributed by atoms with Crippen LogP contribution in [0.5, 0.6) is 0 Å². The Morgan fingerprint density at radius 2 is 2.21 bits per heavy atom. The largest absolute Gasteiger partial charge is 0.477 e. The first-order valence-corrected chi connectivity index (χ1v) is 5.60. The lowest BCUT2D eigenvalue weighted by Gasteiger charge is -1.94. The molecule has 0 fully saturated rings. The molecule has 0 bridgehead atoms. The van der Waals surface area contributed by atoms with E-state index in [0.717, 1.165) is 5.52 Å². The number of nitrogens with one attached hydrogen (secondary N) is 1. The molecule has 3 rings (SSSR count). The van der Waals surface area contributed by atoms with Crippen molar-refractivity contribution >= 4 is 16.9 Å². The summed E-state index contributed by atoms with van der Waals surface area (Å²) in [6.45, 7) is 0. The Morgan fingerprint density at radius 3 is 2.89 bits per heavy atom. The monoisotopic (exact) mass is 259 g/mol. The van der Waals surface area contributed by atoms with Gasteiger partial charge in [0.15, 0.2) is 0 Å². The highest BCUT2D eigenvalue weighted by molar-refractivity contribution is 5.96. The van der Waals surface area contributed by atoms with Crippen molar-refractivity contribution < 1.29 is 14.3 Å². The average molecular weight is 259 g/mol. The third kappa shape index (κ3) is 1.77. The molecule has 2 N–H and O–H groups in total. The molecule has 0 aliphatic carbocycles. The Balaban J connectivity index is 2.21. The second kappa shape index (κ2) is 3.94. The molecule has 0 spiro atoms. The van der Waals surface area contributed by atoms with Gasteiger partial charge in [0, 0.05) is 29.7 Å². The molecule has 0 saturated carbocycles. The van der Waals surface area contributed by atoms with Crippen LogP contribution in [0.4, 0.5) is 4.39 Å². The van der Waals surface area contributed by atoms with Crippen molar-refractivity contribution in [1.82, 2.24) is 14.8 Å². The smallest absolute Gasteiger partial charge is 0.354 e. The van der Waals surface area contributed by atoms with Crippen molar-refractivity contribution in [2.24, 2.45) is 7.05 Å². The summed E-state index contributed by atoms with van der Waals surface area (Å²) in [6, 6.07) is 5.87. The van der Waals surface area contributed by atoms with Crippen LogP contribution < -0.4 is 0 Å². The SMILES string of the molecule is Cn1nc(-c2c[nH]c3ccc(F)cc23)cc1C(=O)O. The van der Waals surface area contributed by atoms with Gasteiger partial charge < -0.3 is 10.1 Å². The highest BCUT2D eigenvalue weighted by Crippen LogP contribution is 2.28. The van der Waals surface area contributed by atoms with E-state index in [1.165, 1.54) is 22.9 Å². The lowest BCUT2D eigenvalue weighted by atomic mass is 10.1. The highest BCUT2D eigenvalue weighted by Gasteiger charge is 2.15. The lowest BCUT2D eigenvalue weighted by Crippen LogP contribution is -2.04. The molecule has 96 valence electrons. The van der Waals surface area contributed by atoms with Crippen molar-refractivity contribution in [2.75, 3.05) is 0 Å². The van der Waals surface area contributed by atoms with Crippen LogP contribution >= 0.6 is 0 Å². The number of aryl methyl sites for hydroxylation is 1. The van der Waals surface area contributed by atoms with Gasteiger partial charge in [0.1, 0.15) is 11.5 Å². The van der Waals surface area contributed by atoms with Crippen LogP contribution in [0.25, 0.3) is 22.2 Å². The summed E-state index contributed by atoms with van der Waals surface area (Å²) in [6.07, 6.45) is 1.69. The normalized spacial score (nSPS) is 11.1. The molecule has 19 heavy (non-hydrogen) atoms. The second-order valence-corrected chi connectivity index (χ2v) is 4.24. The summed E-state index contributed by atoms with van der Waals surface area (Å²) < 4.78 is 14.6. The fourth-order valence-electron chi connectivity index (χ4n) is 2.10. The minimum Gasteiger partial charge on any atom is -0.477 e. The molecule has 0 radical (unpaired) electrons. The maximum absolute atomic E-state index is 13.3. The van der Waals surface area contributed by atoms with Gasteiger partial charge in [-0.05, 0) is 24.3 Å². The molecule has 0 unspecified atom stereocenters. The summed E-state index contributed by atoms with van der Waals surface area (Å²) in [5.74, 6) is -1.39. The van der Waals surface area contributed by atoms with Gasteiger partial charge in [-0.15, -0.1) is 0 Å². The molecule has 0 atom stereocenters. The Kier molecular flexibility index (Phi) is 2.38. The number of nitrogens with zero attached hydrogens (tertiary/aromatic N) is 2. The zero-order valence-electron chi connectivity index (χ0n) is 10.0. The number of H-pyrrole nitrogens is 1. The summed E-state index contributed by atoms with van der Waals surface area (Å²) in [5, 5.41) is 13.8. The maximum atomic E-state index is 13.3. The Bertz CT molecular complexity index is 788. The number of halogens is 1. The maximum Gasteiger partial charge on any atom is 0.354 e. The van der Waals surface area contributed by atoms with Gasteiger partial charge in [-0.25, -0.2) is 9.18 Å². The number of carboxylic acid groups (broad SMARTS) is 1. The van der Waals surface area contributed by atoms with E-state index in [1.807, 2.05) is 0 Å². The molecule has 0 saturated heterocycles. The predicted octanol–water partition coefficient (Wildman–Crippen LogP) is 2.41. The molecule has 6 heteroatoms. The zero-order chi connectivity index (χ0) is 13.6. The molecular weight excluding hydrogens is 249 g/mol. The Morgan fingerprint density at radius 1 is 1.42 bits per heavy atom. The number of hydrogen-bond acceptors (Lipinski definition) is 2. The summed E-state index contributed by atoms with van der Waals surface area (Å²) in [5.41, 5.74) is 2.04. The first kappa shape index (κ1) is 11.5. The minimum absolute atomic E-state index is 0.0840. The molecule has 2 aromatic heterocycles. The van der Waals surface area contributed by atoms with Crippen LogP contribution in [-0.4, -0.2) is 25.8 Å². The van der Waals surface area contributed by atoms with Crippen LogP contribution in [0.2, 0.25) is 0 Å². The van der Waals surface area contributed by atoms with E-state index < -0.39 is 5.97 Å². The van der Waals surface area contributed by atoms with E-state index in [2.05, 4.69) is 10.1 Å². The average Bonchev–Trinajstić information content (AvgIpc) is 2.91. The number of aromatic amines is 1. The number of rotatable bonds is 2. The second-order valence-electron chi connectivity index (χ2n) is 4.24. The van der Waals surface area contributed by atoms with Crippen molar-refractivity contribution in [3.8, 4) is 11.3 Å². The van der Waals surface area contributed by atoms with Crippen LogP contribution in [0, 0.1) is 5.82 Å². The number of carboxylic acids is 1. The van der Waals surface area contributed by atoms with Gasteiger partial charge in [-0.2, -0.15) is 5.10 Å². The number of hydrogen-bond donors (Lipinski definition) is 2. The summed E-state index contributed by atoms with van der Waals surface area (Å²) >= 11 is 0. The third-order valence-electron chi connectivity index (χ3n) is 3.02. The third-order valence-corrected chi connectivity index (χ3v) is 3.02. The number of benzene rings is 1. The fraction of sp³-hybridized carbons (Fsp3) is 0.0769. The lowest BCUT2D eigenvalue weighted by molar-refractivity contribution is 0.0685. The summed E-state index contributed by atoms with van der Waals surface area (Å²) in [4.78, 5) is 14.0. The quantitative estimate of drug-likeness (QED) is 0.742. The minimum atomic E-state index is -1.05. The molecule has 0 amide bonds. The van der Waals surface area contributed by atoms with Gasteiger partial charge in [0.25, 0.3) is 0 Å². The number of aromatic nitrogens is 3. The first-order chi connectivity index (χ1) is 9.06. The Labute approximate surface area is 107 Å². The summed E-state index contributed by atoms with van der Waals surface area (Å²) in [7, 11) is 1.56. The van der Waals surface area contributed by atoms with Gasteiger partial charge >= 0.3 is 5.97 Å². The fourth-order valence-corrected chi connectivity index (χ4v) is 2.10. The molecule has 1 aromatic carbocycles. The van der Waals surface area contributed by atoms with Crippen molar-refractivity contribution in [1.29, 1.82) is 0 Å². The number of aromatic carboxylic acids is 1. The van der Waals surface area contributed by atoms with E-state index >= 15 is 0 Å². The number of carbonyl (C=O) groups is 1. The van der Waals surface area contributed by atoms with Crippen molar-refractivity contribution in [2.45, 2.75) is 0 Å². The molecule has 0 aliphatic heterocycles. The van der Waals surface area contributed by atoms with Gasteiger partial charge in [0.05, 0.1) is 5.69 Å². The standard InChI is InChI=1S/C13H10FN3O2/c1-17-12(13(18)19)5-11(16-17)9-6-15-10-3-2-7(14)4-8(9)10/h2-6,15H,1H3,(H,18,19). The van der Waals surface area contributed by atoms with Crippen LogP contribution in [-0.2, 0) is 7.05 Å². The first-order valence-electron chi connectivity index (χ1n) is 5.60. The van der Waals surface area contributed by atoms with E-state index in [9.17, 15) is 9.18 Å². The number of fused-ring (bicyclic) bond motifs is 1. The highest BCUT2D eigenvalue weighted by atomic mass is 19.1. The zero-order valence-corrected chi connectivity index (χ0v) is 10.0. The molecule has 5 nitrogen and oxygen atoms in total. The van der Waals surface area contributed by atoms with Crippen molar-refractivity contribution in [3.63, 3.8) is 0 Å². The van der Waals surface area contributed by atoms with E-state index in [0.29, 0.717) is 16.6 Å². The van der Waals surface area contributed by atoms with Gasteiger partial charge in [-0.3, -0.25) is 4.68 Å². The molecular formula is C13H10FN3O2. The predicted molar refractivity (Wildman–Crippen MR) is 67.4 cm³/mol. The van der Waals surface area contributed by atoms with Gasteiger partial charge in [0.2, 0.25) is 0 Å². The topological polar surface area (TPSA) is 70.9 Å². The van der Waals surface area contributed by atoms with E-state index in [4.69, 9.17) is 5.11 Å².